The van der Waals surface area contributed by atoms with Crippen molar-refractivity contribution in [2.24, 2.45) is 7.05 Å². The molecular weight excluding hydrogens is 426 g/mol. The molecule has 0 spiro atoms. The van der Waals surface area contributed by atoms with E-state index in [2.05, 4.69) is 10.1 Å². The number of benzene rings is 1. The molecule has 164 valence electrons. The van der Waals surface area contributed by atoms with Gasteiger partial charge < -0.3 is 4.74 Å². The Kier molecular flexibility index (Phi) is 4.94. The number of aryl methyl sites for hydroxylation is 2. The standard InChI is InChI=1S/C23H23N5O3S/c1-15-4-5-21(31-3)22(8-15)32(29,30)28-7-6-20-18(14-28)10-16-9-17(11-24-23(16)26-20)19-12-25-27(2)13-19/h4-5,8-13H,6-7,14H2,1-3H3. The Morgan fingerprint density at radius 2 is 1.94 bits per heavy atom. The lowest BCUT2D eigenvalue weighted by Gasteiger charge is -2.28. The fraction of sp³-hybridized carbons (Fsp3) is 0.261. The molecule has 0 N–H and O–H groups in total. The highest BCUT2D eigenvalue weighted by atomic mass is 32.2. The molecule has 8 nitrogen and oxygen atoms in total. The van der Waals surface area contributed by atoms with Gasteiger partial charge in [0.15, 0.2) is 5.65 Å². The fourth-order valence-electron chi connectivity index (χ4n) is 4.06. The van der Waals surface area contributed by atoms with Crippen LogP contribution in [0.3, 0.4) is 0 Å². The summed E-state index contributed by atoms with van der Waals surface area (Å²) in [4.78, 5) is 9.43. The van der Waals surface area contributed by atoms with Gasteiger partial charge in [-0.2, -0.15) is 9.40 Å². The summed E-state index contributed by atoms with van der Waals surface area (Å²) < 4.78 is 35.4. The Balaban J connectivity index is 1.52. The fourth-order valence-corrected chi connectivity index (χ4v) is 5.72. The molecule has 0 unspecified atom stereocenters. The third-order valence-electron chi connectivity index (χ3n) is 5.76. The second-order valence-electron chi connectivity index (χ2n) is 8.01. The Hall–Kier alpha value is -3.30. The van der Waals surface area contributed by atoms with Crippen molar-refractivity contribution >= 4 is 21.1 Å². The van der Waals surface area contributed by atoms with Crippen molar-refractivity contribution in [3.8, 4) is 16.9 Å². The summed E-state index contributed by atoms with van der Waals surface area (Å²) >= 11 is 0. The zero-order valence-electron chi connectivity index (χ0n) is 18.1. The van der Waals surface area contributed by atoms with Crippen LogP contribution in [0.25, 0.3) is 22.2 Å². The van der Waals surface area contributed by atoms with Crippen LogP contribution in [0.2, 0.25) is 0 Å². The van der Waals surface area contributed by atoms with E-state index >= 15 is 0 Å². The van der Waals surface area contributed by atoms with Crippen molar-refractivity contribution in [1.29, 1.82) is 0 Å². The minimum atomic E-state index is -3.72. The predicted octanol–water partition coefficient (Wildman–Crippen LogP) is 3.09. The monoisotopic (exact) mass is 449 g/mol. The first kappa shape index (κ1) is 20.6. The minimum Gasteiger partial charge on any atom is -0.495 e. The maximum atomic E-state index is 13.4. The van der Waals surface area contributed by atoms with Crippen molar-refractivity contribution in [2.75, 3.05) is 13.7 Å². The molecule has 9 heteroatoms. The second-order valence-corrected chi connectivity index (χ2v) is 9.92. The van der Waals surface area contributed by atoms with E-state index in [4.69, 9.17) is 9.72 Å². The van der Waals surface area contributed by atoms with Gasteiger partial charge in [-0.1, -0.05) is 6.07 Å². The molecule has 0 saturated heterocycles. The van der Waals surface area contributed by atoms with Gasteiger partial charge in [-0.3, -0.25) is 4.68 Å². The normalized spacial score (nSPS) is 14.5. The molecule has 3 aromatic heterocycles. The van der Waals surface area contributed by atoms with Gasteiger partial charge in [-0.15, -0.1) is 0 Å². The number of nitrogens with zero attached hydrogens (tertiary/aromatic N) is 5. The van der Waals surface area contributed by atoms with Crippen LogP contribution in [-0.4, -0.2) is 46.1 Å². The minimum absolute atomic E-state index is 0.192. The number of aromatic nitrogens is 4. The Labute approximate surface area is 186 Å². The SMILES string of the molecule is COc1ccc(C)cc1S(=O)(=O)N1CCc2nc3ncc(-c4cnn(C)c4)cc3cc2C1. The first-order valence-electron chi connectivity index (χ1n) is 10.3. The largest absolute Gasteiger partial charge is 0.495 e. The Bertz CT molecular complexity index is 1450. The summed E-state index contributed by atoms with van der Waals surface area (Å²) in [5.41, 5.74) is 5.22. The molecule has 0 aliphatic carbocycles. The molecule has 0 bridgehead atoms. The zero-order valence-corrected chi connectivity index (χ0v) is 18.9. The molecule has 4 aromatic rings. The van der Waals surface area contributed by atoms with Gasteiger partial charge in [0.1, 0.15) is 10.6 Å². The number of fused-ring (bicyclic) bond motifs is 2. The van der Waals surface area contributed by atoms with Gasteiger partial charge in [-0.25, -0.2) is 18.4 Å². The lowest BCUT2D eigenvalue weighted by molar-refractivity contribution is 0.376. The van der Waals surface area contributed by atoms with Gasteiger partial charge in [0.25, 0.3) is 0 Å². The maximum absolute atomic E-state index is 13.4. The summed E-state index contributed by atoms with van der Waals surface area (Å²) in [5, 5.41) is 5.09. The van der Waals surface area contributed by atoms with E-state index in [9.17, 15) is 8.42 Å². The average Bonchev–Trinajstić information content (AvgIpc) is 3.23. The third-order valence-corrected chi connectivity index (χ3v) is 7.62. The number of ether oxygens (including phenoxy) is 1. The second kappa shape index (κ2) is 7.68. The van der Waals surface area contributed by atoms with Crippen LogP contribution in [0, 0.1) is 6.92 Å². The van der Waals surface area contributed by atoms with E-state index in [1.54, 1.807) is 29.2 Å². The van der Waals surface area contributed by atoms with Crippen LogP contribution in [-0.2, 0) is 30.0 Å². The molecular formula is C23H23N5O3S. The van der Waals surface area contributed by atoms with Crippen molar-refractivity contribution in [1.82, 2.24) is 24.1 Å². The molecule has 0 saturated carbocycles. The van der Waals surface area contributed by atoms with Gasteiger partial charge >= 0.3 is 0 Å². The number of pyridine rings is 2. The van der Waals surface area contributed by atoms with Crippen LogP contribution < -0.4 is 4.74 Å². The van der Waals surface area contributed by atoms with Crippen LogP contribution >= 0.6 is 0 Å². The summed E-state index contributed by atoms with van der Waals surface area (Å²) in [7, 11) is -0.364. The number of sulfonamides is 1. The molecule has 0 amide bonds. The van der Waals surface area contributed by atoms with E-state index in [0.717, 1.165) is 33.3 Å². The molecule has 1 aromatic carbocycles. The van der Waals surface area contributed by atoms with E-state index in [1.807, 2.05) is 38.4 Å². The summed E-state index contributed by atoms with van der Waals surface area (Å²) in [6, 6.07) is 9.21. The van der Waals surface area contributed by atoms with E-state index < -0.39 is 10.0 Å². The van der Waals surface area contributed by atoms with Gasteiger partial charge in [0.05, 0.1) is 13.3 Å². The third kappa shape index (κ3) is 3.53. The van der Waals surface area contributed by atoms with E-state index in [0.29, 0.717) is 24.4 Å². The lowest BCUT2D eigenvalue weighted by Crippen LogP contribution is -2.36. The molecule has 0 fully saturated rings. The topological polar surface area (TPSA) is 90.2 Å². The smallest absolute Gasteiger partial charge is 0.247 e. The molecule has 1 aliphatic rings. The highest BCUT2D eigenvalue weighted by molar-refractivity contribution is 7.89. The molecule has 5 rings (SSSR count). The van der Waals surface area contributed by atoms with Crippen molar-refractivity contribution in [2.45, 2.75) is 24.8 Å². The van der Waals surface area contributed by atoms with Crippen LogP contribution in [0.1, 0.15) is 16.8 Å². The van der Waals surface area contributed by atoms with Crippen molar-refractivity contribution < 1.29 is 13.2 Å². The van der Waals surface area contributed by atoms with Gasteiger partial charge in [0.2, 0.25) is 10.0 Å². The lowest BCUT2D eigenvalue weighted by atomic mass is 10.0. The summed E-state index contributed by atoms with van der Waals surface area (Å²) in [5.74, 6) is 0.350. The first-order chi connectivity index (χ1) is 15.3. The summed E-state index contributed by atoms with van der Waals surface area (Å²) in [6.07, 6.45) is 6.05. The van der Waals surface area contributed by atoms with Gasteiger partial charge in [-0.05, 0) is 42.3 Å². The Morgan fingerprint density at radius 3 is 2.69 bits per heavy atom. The van der Waals surface area contributed by atoms with E-state index in [1.165, 1.54) is 11.4 Å². The van der Waals surface area contributed by atoms with Crippen molar-refractivity contribution in [3.05, 3.63) is 65.7 Å². The zero-order chi connectivity index (χ0) is 22.5. The predicted molar refractivity (Wildman–Crippen MR) is 121 cm³/mol. The number of methoxy groups -OCH3 is 1. The number of rotatable bonds is 4. The average molecular weight is 450 g/mol. The first-order valence-corrected chi connectivity index (χ1v) is 11.7. The molecule has 1 aliphatic heterocycles. The quantitative estimate of drug-likeness (QED) is 0.476. The Morgan fingerprint density at radius 1 is 1.09 bits per heavy atom. The highest BCUT2D eigenvalue weighted by Crippen LogP contribution is 2.32. The molecule has 0 atom stereocenters. The van der Waals surface area contributed by atoms with Crippen LogP contribution in [0.4, 0.5) is 0 Å². The van der Waals surface area contributed by atoms with Crippen molar-refractivity contribution in [3.63, 3.8) is 0 Å². The highest BCUT2D eigenvalue weighted by Gasteiger charge is 2.31. The van der Waals surface area contributed by atoms with E-state index in [-0.39, 0.29) is 11.4 Å². The molecule has 32 heavy (non-hydrogen) atoms. The molecule has 4 heterocycles. The number of hydrogen-bond donors (Lipinski definition) is 0. The van der Waals surface area contributed by atoms with Gasteiger partial charge in [0, 0.05) is 61.2 Å². The summed E-state index contributed by atoms with van der Waals surface area (Å²) in [6.45, 7) is 2.49. The molecule has 0 radical (unpaired) electrons. The maximum Gasteiger partial charge on any atom is 0.247 e. The van der Waals surface area contributed by atoms with Crippen LogP contribution in [0.5, 0.6) is 5.75 Å². The number of hydrogen-bond acceptors (Lipinski definition) is 6. The van der Waals surface area contributed by atoms with Crippen LogP contribution in [0.15, 0.2) is 53.8 Å².